The smallest absolute Gasteiger partial charge is 0.271 e. The number of carbonyl (C=O) groups excluding carboxylic acids is 1. The lowest BCUT2D eigenvalue weighted by Gasteiger charge is -2.06. The molecule has 1 aromatic heterocycles. The summed E-state index contributed by atoms with van der Waals surface area (Å²) in [7, 11) is 0. The third-order valence-corrected chi connectivity index (χ3v) is 5.61. The Morgan fingerprint density at radius 3 is 2.53 bits per heavy atom. The van der Waals surface area contributed by atoms with Gasteiger partial charge in [0.2, 0.25) is 0 Å². The minimum absolute atomic E-state index is 0.0835. The van der Waals surface area contributed by atoms with E-state index in [0.29, 0.717) is 16.6 Å². The molecule has 0 bridgehead atoms. The molecule has 0 spiro atoms. The van der Waals surface area contributed by atoms with Crippen molar-refractivity contribution >= 4 is 51.9 Å². The molecule has 0 saturated carbocycles. The zero-order chi connectivity index (χ0) is 22.7. The van der Waals surface area contributed by atoms with Gasteiger partial charge in [-0.05, 0) is 35.9 Å². The van der Waals surface area contributed by atoms with Crippen LogP contribution in [-0.4, -0.2) is 21.6 Å². The Kier molecular flexibility index (Phi) is 6.20. The molecular formula is C23H16Cl2N4O3. The second-order valence-corrected chi connectivity index (χ2v) is 7.80. The predicted octanol–water partition coefficient (Wildman–Crippen LogP) is 5.67. The number of amides is 1. The minimum Gasteiger partial charge on any atom is -0.342 e. The van der Waals surface area contributed by atoms with Crippen LogP contribution in [0.4, 0.5) is 5.69 Å². The molecule has 3 aromatic carbocycles. The van der Waals surface area contributed by atoms with Crippen molar-refractivity contribution < 1.29 is 9.72 Å². The molecular weight excluding hydrogens is 451 g/mol. The fourth-order valence-electron chi connectivity index (χ4n) is 3.30. The largest absolute Gasteiger partial charge is 0.342 e. The molecule has 0 fully saturated rings. The maximum absolute atomic E-state index is 12.3. The molecule has 7 nitrogen and oxygen atoms in total. The van der Waals surface area contributed by atoms with Crippen LogP contribution in [-0.2, 0) is 6.54 Å². The third-order valence-electron chi connectivity index (χ3n) is 4.87. The number of para-hydroxylation sites is 1. The second kappa shape index (κ2) is 9.21. The summed E-state index contributed by atoms with van der Waals surface area (Å²) in [5.41, 5.74) is 5.46. The molecule has 4 aromatic rings. The molecule has 0 aliphatic carbocycles. The molecule has 0 saturated heterocycles. The van der Waals surface area contributed by atoms with Crippen molar-refractivity contribution in [3.63, 3.8) is 0 Å². The van der Waals surface area contributed by atoms with Crippen molar-refractivity contribution in [1.29, 1.82) is 0 Å². The van der Waals surface area contributed by atoms with Crippen molar-refractivity contribution in [3.05, 3.63) is 110 Å². The molecule has 9 heteroatoms. The van der Waals surface area contributed by atoms with Crippen molar-refractivity contribution in [2.24, 2.45) is 5.10 Å². The van der Waals surface area contributed by atoms with Gasteiger partial charge in [0.25, 0.3) is 11.6 Å². The van der Waals surface area contributed by atoms with Crippen LogP contribution in [0.5, 0.6) is 0 Å². The number of nitrogens with one attached hydrogen (secondary N) is 1. The van der Waals surface area contributed by atoms with E-state index in [4.69, 9.17) is 23.2 Å². The second-order valence-electron chi connectivity index (χ2n) is 6.98. The highest BCUT2D eigenvalue weighted by molar-refractivity contribution is 6.42. The summed E-state index contributed by atoms with van der Waals surface area (Å²) in [5.74, 6) is -0.462. The first-order valence-electron chi connectivity index (χ1n) is 9.52. The Balaban J connectivity index is 1.54. The number of fused-ring (bicyclic) bond motifs is 1. The number of nitro benzene ring substituents is 1. The Labute approximate surface area is 193 Å². The number of rotatable bonds is 6. The van der Waals surface area contributed by atoms with Crippen LogP contribution < -0.4 is 5.43 Å². The number of carbonyl (C=O) groups is 1. The first-order chi connectivity index (χ1) is 15.4. The Hall–Kier alpha value is -3.68. The summed E-state index contributed by atoms with van der Waals surface area (Å²) in [6.45, 7) is 0.584. The lowest BCUT2D eigenvalue weighted by molar-refractivity contribution is -0.384. The zero-order valence-corrected chi connectivity index (χ0v) is 18.0. The molecule has 0 aliphatic heterocycles. The number of benzene rings is 3. The van der Waals surface area contributed by atoms with E-state index >= 15 is 0 Å². The van der Waals surface area contributed by atoms with Gasteiger partial charge in [0.15, 0.2) is 0 Å². The zero-order valence-electron chi connectivity index (χ0n) is 16.5. The van der Waals surface area contributed by atoms with Crippen molar-refractivity contribution in [3.8, 4) is 0 Å². The summed E-state index contributed by atoms with van der Waals surface area (Å²) in [6, 6.07) is 18.7. The number of halogens is 2. The van der Waals surface area contributed by atoms with Crippen LogP contribution in [0.3, 0.4) is 0 Å². The van der Waals surface area contributed by atoms with Crippen molar-refractivity contribution in [2.45, 2.75) is 6.54 Å². The standard InChI is InChI=1S/C23H16Cl2N4O3/c24-20-10-5-15(11-21(20)25)13-28-14-17(19-3-1-2-4-22(19)28)12-26-27-23(30)16-6-8-18(9-7-16)29(31)32/h1-12,14H,13H2,(H,27,30). The molecule has 0 aliphatic rings. The number of aromatic nitrogens is 1. The van der Waals surface area contributed by atoms with E-state index < -0.39 is 10.8 Å². The molecule has 1 N–H and O–H groups in total. The average molecular weight is 467 g/mol. The van der Waals surface area contributed by atoms with Gasteiger partial charge in [-0.1, -0.05) is 47.5 Å². The molecule has 160 valence electrons. The van der Waals surface area contributed by atoms with E-state index in [1.807, 2.05) is 42.6 Å². The fourth-order valence-corrected chi connectivity index (χ4v) is 3.62. The van der Waals surface area contributed by atoms with Gasteiger partial charge in [-0.2, -0.15) is 5.10 Å². The van der Waals surface area contributed by atoms with Gasteiger partial charge in [-0.15, -0.1) is 0 Å². The summed E-state index contributed by atoms with van der Waals surface area (Å²) in [6.07, 6.45) is 3.51. The number of non-ortho nitro benzene ring substituents is 1. The van der Waals surface area contributed by atoms with Gasteiger partial charge in [0.05, 0.1) is 21.2 Å². The maximum Gasteiger partial charge on any atom is 0.271 e. The topological polar surface area (TPSA) is 89.5 Å². The van der Waals surface area contributed by atoms with Crippen LogP contribution in [0.25, 0.3) is 10.9 Å². The summed E-state index contributed by atoms with van der Waals surface area (Å²) >= 11 is 12.2. The third kappa shape index (κ3) is 4.64. The normalized spacial score (nSPS) is 11.2. The molecule has 0 unspecified atom stereocenters. The van der Waals surface area contributed by atoms with Gasteiger partial charge in [-0.3, -0.25) is 14.9 Å². The summed E-state index contributed by atoms with van der Waals surface area (Å²) in [4.78, 5) is 22.5. The molecule has 32 heavy (non-hydrogen) atoms. The Morgan fingerprint density at radius 1 is 1.06 bits per heavy atom. The van der Waals surface area contributed by atoms with Crippen LogP contribution in [0.15, 0.2) is 78.0 Å². The first kappa shape index (κ1) is 21.5. The summed E-state index contributed by atoms with van der Waals surface area (Å²) < 4.78 is 2.06. The minimum atomic E-state index is -0.520. The Morgan fingerprint density at radius 2 is 1.81 bits per heavy atom. The van der Waals surface area contributed by atoms with Crippen molar-refractivity contribution in [2.75, 3.05) is 0 Å². The SMILES string of the molecule is O=C(NN=Cc1cn(Cc2ccc(Cl)c(Cl)c2)c2ccccc12)c1ccc([N+](=O)[O-])cc1. The monoisotopic (exact) mass is 466 g/mol. The van der Waals surface area contributed by atoms with Crippen LogP contribution in [0.2, 0.25) is 10.0 Å². The van der Waals surface area contributed by atoms with Gasteiger partial charge < -0.3 is 4.57 Å². The average Bonchev–Trinajstić information content (AvgIpc) is 3.14. The van der Waals surface area contributed by atoms with E-state index in [0.717, 1.165) is 22.0 Å². The predicted molar refractivity (Wildman–Crippen MR) is 126 cm³/mol. The lowest BCUT2D eigenvalue weighted by Crippen LogP contribution is -2.17. The lowest BCUT2D eigenvalue weighted by atomic mass is 10.2. The van der Waals surface area contributed by atoms with Crippen LogP contribution >= 0.6 is 23.2 Å². The van der Waals surface area contributed by atoms with Gasteiger partial charge in [0.1, 0.15) is 0 Å². The van der Waals surface area contributed by atoms with Crippen molar-refractivity contribution in [1.82, 2.24) is 9.99 Å². The molecule has 1 heterocycles. The number of nitrogens with zero attached hydrogens (tertiary/aromatic N) is 3. The van der Waals surface area contributed by atoms with E-state index in [1.165, 1.54) is 24.3 Å². The number of hydrazone groups is 1. The summed E-state index contributed by atoms with van der Waals surface area (Å²) in [5, 5.41) is 16.8. The van der Waals surface area contributed by atoms with E-state index in [2.05, 4.69) is 15.1 Å². The first-order valence-corrected chi connectivity index (χ1v) is 10.3. The van der Waals surface area contributed by atoms with E-state index in [9.17, 15) is 14.9 Å². The van der Waals surface area contributed by atoms with Gasteiger partial charge in [0, 0.05) is 46.9 Å². The Bertz CT molecular complexity index is 1350. The van der Waals surface area contributed by atoms with Gasteiger partial charge >= 0.3 is 0 Å². The highest BCUT2D eigenvalue weighted by Crippen LogP contribution is 2.25. The highest BCUT2D eigenvalue weighted by Gasteiger charge is 2.10. The molecule has 1 amide bonds. The number of hydrogen-bond donors (Lipinski definition) is 1. The van der Waals surface area contributed by atoms with Gasteiger partial charge in [-0.25, -0.2) is 5.43 Å². The highest BCUT2D eigenvalue weighted by atomic mass is 35.5. The molecule has 4 rings (SSSR count). The van der Waals surface area contributed by atoms with E-state index in [-0.39, 0.29) is 11.3 Å². The molecule has 0 atom stereocenters. The van der Waals surface area contributed by atoms with E-state index in [1.54, 1.807) is 12.3 Å². The maximum atomic E-state index is 12.3. The quantitative estimate of drug-likeness (QED) is 0.225. The number of hydrogen-bond acceptors (Lipinski definition) is 4. The molecule has 0 radical (unpaired) electrons. The number of nitro groups is 1. The van der Waals surface area contributed by atoms with Crippen LogP contribution in [0, 0.1) is 10.1 Å². The van der Waals surface area contributed by atoms with Crippen LogP contribution in [0.1, 0.15) is 21.5 Å². The fraction of sp³-hybridized carbons (Fsp3) is 0.0435.